The van der Waals surface area contributed by atoms with Crippen LogP contribution in [0.1, 0.15) is 29.4 Å². The molecule has 0 aliphatic rings. The summed E-state index contributed by atoms with van der Waals surface area (Å²) in [5, 5.41) is 10.7. The first-order chi connectivity index (χ1) is 7.93. The Hall–Kier alpha value is -1.61. The van der Waals surface area contributed by atoms with Gasteiger partial charge in [0.15, 0.2) is 0 Å². The molecule has 0 radical (unpaired) electrons. The van der Waals surface area contributed by atoms with Gasteiger partial charge in [0, 0.05) is 19.4 Å². The second-order valence-corrected chi connectivity index (χ2v) is 4.75. The molecule has 90 valence electrons. The molecule has 0 saturated heterocycles. The number of imidazole rings is 1. The number of hydrogen-bond acceptors (Lipinski definition) is 2. The summed E-state index contributed by atoms with van der Waals surface area (Å²) >= 11 is 0. The number of nitrogens with zero attached hydrogens (tertiary/aromatic N) is 2. The zero-order chi connectivity index (χ0) is 12.6. The number of hydrogen-bond donors (Lipinski definition) is 1. The Morgan fingerprint density at radius 2 is 2.00 bits per heavy atom. The molecule has 2 rings (SSSR count). The summed E-state index contributed by atoms with van der Waals surface area (Å²) in [5.74, 6) is 0.659. The van der Waals surface area contributed by atoms with Crippen LogP contribution in [-0.4, -0.2) is 14.7 Å². The lowest BCUT2D eigenvalue weighted by atomic mass is 9.90. The average molecular weight is 230 g/mol. The summed E-state index contributed by atoms with van der Waals surface area (Å²) in [6.45, 7) is 5.82. The minimum Gasteiger partial charge on any atom is -0.377 e. The minimum atomic E-state index is -1.06. The monoisotopic (exact) mass is 230 g/mol. The van der Waals surface area contributed by atoms with Gasteiger partial charge in [0.2, 0.25) is 0 Å². The van der Waals surface area contributed by atoms with Crippen LogP contribution in [0.25, 0.3) is 0 Å². The number of aromatic nitrogens is 2. The van der Waals surface area contributed by atoms with Crippen molar-refractivity contribution in [2.75, 3.05) is 0 Å². The Balaban J connectivity index is 2.59. The molecule has 0 aliphatic carbocycles. The van der Waals surface area contributed by atoms with Gasteiger partial charge in [0.05, 0.1) is 0 Å². The average Bonchev–Trinajstić information content (AvgIpc) is 2.68. The molecule has 0 bridgehead atoms. The van der Waals surface area contributed by atoms with Crippen molar-refractivity contribution in [3.05, 3.63) is 53.1 Å². The van der Waals surface area contributed by atoms with Crippen molar-refractivity contribution in [2.45, 2.75) is 26.4 Å². The fourth-order valence-electron chi connectivity index (χ4n) is 2.22. The van der Waals surface area contributed by atoms with E-state index >= 15 is 0 Å². The van der Waals surface area contributed by atoms with Crippen LogP contribution in [-0.2, 0) is 12.6 Å². The highest BCUT2D eigenvalue weighted by Gasteiger charge is 2.31. The van der Waals surface area contributed by atoms with Crippen molar-refractivity contribution in [3.63, 3.8) is 0 Å². The van der Waals surface area contributed by atoms with Crippen LogP contribution < -0.4 is 0 Å². The van der Waals surface area contributed by atoms with Gasteiger partial charge >= 0.3 is 0 Å². The van der Waals surface area contributed by atoms with E-state index in [9.17, 15) is 5.11 Å². The second kappa shape index (κ2) is 4.00. The van der Waals surface area contributed by atoms with E-state index in [1.54, 1.807) is 13.1 Å². The highest BCUT2D eigenvalue weighted by atomic mass is 16.3. The maximum Gasteiger partial charge on any atom is 0.145 e. The summed E-state index contributed by atoms with van der Waals surface area (Å²) < 4.78 is 1.85. The van der Waals surface area contributed by atoms with E-state index < -0.39 is 5.60 Å². The van der Waals surface area contributed by atoms with Gasteiger partial charge in [0.1, 0.15) is 11.4 Å². The Morgan fingerprint density at radius 3 is 2.59 bits per heavy atom. The Labute approximate surface area is 102 Å². The van der Waals surface area contributed by atoms with Crippen molar-refractivity contribution in [3.8, 4) is 0 Å². The third-order valence-corrected chi connectivity index (χ3v) is 3.17. The molecule has 1 aromatic carbocycles. The van der Waals surface area contributed by atoms with E-state index in [0.717, 1.165) is 16.7 Å². The third kappa shape index (κ3) is 1.98. The van der Waals surface area contributed by atoms with Crippen molar-refractivity contribution in [2.24, 2.45) is 7.05 Å². The molecule has 0 amide bonds. The lowest BCUT2D eigenvalue weighted by Gasteiger charge is -2.25. The second-order valence-electron chi connectivity index (χ2n) is 4.75. The molecule has 3 heteroatoms. The molecular weight excluding hydrogens is 212 g/mol. The molecule has 3 nitrogen and oxygen atoms in total. The van der Waals surface area contributed by atoms with Gasteiger partial charge in [0.25, 0.3) is 0 Å². The molecule has 0 spiro atoms. The first kappa shape index (κ1) is 11.9. The maximum absolute atomic E-state index is 10.7. The van der Waals surface area contributed by atoms with Gasteiger partial charge in [-0.1, -0.05) is 23.8 Å². The van der Waals surface area contributed by atoms with Gasteiger partial charge in [-0.05, 0) is 31.9 Å². The first-order valence-corrected chi connectivity index (χ1v) is 5.71. The summed E-state index contributed by atoms with van der Waals surface area (Å²) in [7, 11) is 1.89. The number of aliphatic hydroxyl groups is 1. The fraction of sp³-hybridized carbons (Fsp3) is 0.357. The zero-order valence-electron chi connectivity index (χ0n) is 10.7. The van der Waals surface area contributed by atoms with Crippen LogP contribution in [0.3, 0.4) is 0 Å². The molecular formula is C14H18N2O. The van der Waals surface area contributed by atoms with Crippen molar-refractivity contribution in [1.82, 2.24) is 9.55 Å². The van der Waals surface area contributed by atoms with Crippen LogP contribution in [0.2, 0.25) is 0 Å². The van der Waals surface area contributed by atoms with E-state index in [1.807, 2.05) is 49.9 Å². The number of rotatable bonds is 2. The van der Waals surface area contributed by atoms with Crippen LogP contribution in [0.4, 0.5) is 0 Å². The molecule has 0 fully saturated rings. The van der Waals surface area contributed by atoms with E-state index in [-0.39, 0.29) is 0 Å². The summed E-state index contributed by atoms with van der Waals surface area (Å²) in [6, 6.07) is 6.10. The van der Waals surface area contributed by atoms with Gasteiger partial charge in [-0.25, -0.2) is 4.98 Å². The highest BCUT2D eigenvalue weighted by Crippen LogP contribution is 2.30. The number of benzene rings is 1. The smallest absolute Gasteiger partial charge is 0.145 e. The zero-order valence-corrected chi connectivity index (χ0v) is 10.7. The summed E-state index contributed by atoms with van der Waals surface area (Å²) in [5.41, 5.74) is 2.06. The van der Waals surface area contributed by atoms with Crippen molar-refractivity contribution < 1.29 is 5.11 Å². The molecule has 1 heterocycles. The molecule has 17 heavy (non-hydrogen) atoms. The number of aryl methyl sites for hydroxylation is 3. The molecule has 1 atom stereocenters. The molecule has 0 saturated carbocycles. The summed E-state index contributed by atoms with van der Waals surface area (Å²) in [6.07, 6.45) is 3.55. The van der Waals surface area contributed by atoms with Crippen LogP contribution in [0.15, 0.2) is 30.6 Å². The first-order valence-electron chi connectivity index (χ1n) is 5.71. The van der Waals surface area contributed by atoms with Gasteiger partial charge in [-0.3, -0.25) is 0 Å². The highest BCUT2D eigenvalue weighted by molar-refractivity contribution is 5.38. The summed E-state index contributed by atoms with van der Waals surface area (Å²) in [4.78, 5) is 4.25. The van der Waals surface area contributed by atoms with Gasteiger partial charge in [-0.2, -0.15) is 0 Å². The lowest BCUT2D eigenvalue weighted by molar-refractivity contribution is 0.0884. The maximum atomic E-state index is 10.7. The van der Waals surface area contributed by atoms with Crippen LogP contribution in [0.5, 0.6) is 0 Å². The van der Waals surface area contributed by atoms with Crippen LogP contribution in [0, 0.1) is 13.8 Å². The molecule has 0 aliphatic heterocycles. The standard InChI is InChI=1S/C14H18N2O/c1-10-5-6-11(2)12(9-10)14(3,17)13-15-7-8-16(13)4/h5-9,17H,1-4H3. The Kier molecular flexibility index (Phi) is 2.79. The normalized spacial score (nSPS) is 14.6. The Morgan fingerprint density at radius 1 is 1.29 bits per heavy atom. The van der Waals surface area contributed by atoms with E-state index in [4.69, 9.17) is 0 Å². The molecule has 2 aromatic rings. The van der Waals surface area contributed by atoms with Gasteiger partial charge < -0.3 is 9.67 Å². The van der Waals surface area contributed by atoms with Crippen LogP contribution >= 0.6 is 0 Å². The largest absolute Gasteiger partial charge is 0.377 e. The Bertz CT molecular complexity index is 541. The van der Waals surface area contributed by atoms with E-state index in [2.05, 4.69) is 4.98 Å². The minimum absolute atomic E-state index is 0.659. The van der Waals surface area contributed by atoms with Gasteiger partial charge in [-0.15, -0.1) is 0 Å². The van der Waals surface area contributed by atoms with Crippen molar-refractivity contribution >= 4 is 0 Å². The van der Waals surface area contributed by atoms with Crippen molar-refractivity contribution in [1.29, 1.82) is 0 Å². The quantitative estimate of drug-likeness (QED) is 0.859. The van der Waals surface area contributed by atoms with E-state index in [0.29, 0.717) is 5.82 Å². The third-order valence-electron chi connectivity index (χ3n) is 3.17. The molecule has 1 unspecified atom stereocenters. The topological polar surface area (TPSA) is 38.1 Å². The SMILES string of the molecule is Cc1ccc(C)c(C(C)(O)c2nccn2C)c1. The molecule has 1 aromatic heterocycles. The lowest BCUT2D eigenvalue weighted by Crippen LogP contribution is -2.28. The predicted octanol–water partition coefficient (Wildman–Crippen LogP) is 2.29. The van der Waals surface area contributed by atoms with E-state index in [1.165, 1.54) is 0 Å². The fourth-order valence-corrected chi connectivity index (χ4v) is 2.22. The molecule has 1 N–H and O–H groups in total. The predicted molar refractivity (Wildman–Crippen MR) is 67.8 cm³/mol.